The summed E-state index contributed by atoms with van der Waals surface area (Å²) in [5.74, 6) is 0.0192. The fourth-order valence-corrected chi connectivity index (χ4v) is 2.27. The number of carbonyl (C=O) groups excluding carboxylic acids is 1. The Morgan fingerprint density at radius 2 is 1.90 bits per heavy atom. The standard InChI is InChI=1S/C16H27N3O/c1-6-16(7-2,11-17)15(20)18-14-9-8-13(19(4)5)10-12(14)3/h8-10H,6-7,11,17H2,1-5H3,(H,18,20). The fourth-order valence-electron chi connectivity index (χ4n) is 2.27. The van der Waals surface area contributed by atoms with E-state index in [-0.39, 0.29) is 5.91 Å². The van der Waals surface area contributed by atoms with Crippen LogP contribution in [0.4, 0.5) is 11.4 Å². The molecule has 0 saturated heterocycles. The third-order valence-electron chi connectivity index (χ3n) is 4.20. The van der Waals surface area contributed by atoms with E-state index in [1.54, 1.807) is 0 Å². The molecule has 0 radical (unpaired) electrons. The van der Waals surface area contributed by atoms with Gasteiger partial charge in [-0.05, 0) is 43.5 Å². The van der Waals surface area contributed by atoms with Crippen LogP contribution in [0.5, 0.6) is 0 Å². The lowest BCUT2D eigenvalue weighted by Crippen LogP contribution is -2.41. The normalized spacial score (nSPS) is 11.3. The van der Waals surface area contributed by atoms with E-state index in [0.29, 0.717) is 6.54 Å². The predicted molar refractivity (Wildman–Crippen MR) is 86.2 cm³/mol. The summed E-state index contributed by atoms with van der Waals surface area (Å²) in [5.41, 5.74) is 8.39. The number of benzene rings is 1. The predicted octanol–water partition coefficient (Wildman–Crippen LogP) is 2.76. The molecule has 3 N–H and O–H groups in total. The maximum absolute atomic E-state index is 12.5. The zero-order valence-corrected chi connectivity index (χ0v) is 13.3. The minimum Gasteiger partial charge on any atom is -0.378 e. The lowest BCUT2D eigenvalue weighted by atomic mass is 9.81. The molecule has 4 nitrogen and oxygen atoms in total. The molecule has 0 aliphatic heterocycles. The number of nitrogens with two attached hydrogens (primary N) is 1. The molecule has 0 aliphatic rings. The molecule has 0 aromatic heterocycles. The fraction of sp³-hybridized carbons (Fsp3) is 0.562. The van der Waals surface area contributed by atoms with Crippen molar-refractivity contribution in [1.82, 2.24) is 0 Å². The molecule has 4 heteroatoms. The van der Waals surface area contributed by atoms with Crippen LogP contribution in [0.3, 0.4) is 0 Å². The summed E-state index contributed by atoms with van der Waals surface area (Å²) < 4.78 is 0. The number of aryl methyl sites for hydroxylation is 1. The zero-order chi connectivity index (χ0) is 15.3. The van der Waals surface area contributed by atoms with Crippen LogP contribution in [0.1, 0.15) is 32.3 Å². The van der Waals surface area contributed by atoms with Crippen molar-refractivity contribution < 1.29 is 4.79 Å². The highest BCUT2D eigenvalue weighted by Gasteiger charge is 2.33. The Morgan fingerprint density at radius 1 is 1.30 bits per heavy atom. The lowest BCUT2D eigenvalue weighted by molar-refractivity contribution is -0.125. The van der Waals surface area contributed by atoms with Crippen molar-refractivity contribution >= 4 is 17.3 Å². The highest BCUT2D eigenvalue weighted by molar-refractivity contribution is 5.96. The van der Waals surface area contributed by atoms with E-state index in [2.05, 4.69) is 11.4 Å². The van der Waals surface area contributed by atoms with E-state index >= 15 is 0 Å². The van der Waals surface area contributed by atoms with E-state index < -0.39 is 5.41 Å². The molecular formula is C16H27N3O. The average Bonchev–Trinajstić information content (AvgIpc) is 2.43. The molecule has 1 aromatic carbocycles. The van der Waals surface area contributed by atoms with Gasteiger partial charge in [-0.1, -0.05) is 13.8 Å². The van der Waals surface area contributed by atoms with Gasteiger partial charge in [-0.3, -0.25) is 4.79 Å². The highest BCUT2D eigenvalue weighted by atomic mass is 16.2. The van der Waals surface area contributed by atoms with Gasteiger partial charge in [-0.2, -0.15) is 0 Å². The molecule has 0 saturated carbocycles. The van der Waals surface area contributed by atoms with Gasteiger partial charge < -0.3 is 16.0 Å². The van der Waals surface area contributed by atoms with Crippen LogP contribution in [-0.4, -0.2) is 26.5 Å². The van der Waals surface area contributed by atoms with Crippen molar-refractivity contribution in [2.75, 3.05) is 30.9 Å². The van der Waals surface area contributed by atoms with Gasteiger partial charge in [-0.25, -0.2) is 0 Å². The van der Waals surface area contributed by atoms with E-state index in [0.717, 1.165) is 29.8 Å². The molecule has 0 spiro atoms. The summed E-state index contributed by atoms with van der Waals surface area (Å²) in [6.07, 6.45) is 1.50. The molecule has 20 heavy (non-hydrogen) atoms. The SMILES string of the molecule is CCC(CC)(CN)C(=O)Nc1ccc(N(C)C)cc1C. The summed E-state index contributed by atoms with van der Waals surface area (Å²) in [5, 5.41) is 3.03. The topological polar surface area (TPSA) is 58.4 Å². The largest absolute Gasteiger partial charge is 0.378 e. The molecule has 0 unspecified atom stereocenters. The first-order chi connectivity index (χ1) is 9.40. The summed E-state index contributed by atoms with van der Waals surface area (Å²) in [6, 6.07) is 6.03. The smallest absolute Gasteiger partial charge is 0.231 e. The number of nitrogens with zero attached hydrogens (tertiary/aromatic N) is 1. The third-order valence-corrected chi connectivity index (χ3v) is 4.20. The molecule has 112 valence electrons. The molecule has 0 heterocycles. The Labute approximate surface area is 122 Å². The number of nitrogens with one attached hydrogen (secondary N) is 1. The summed E-state index contributed by atoms with van der Waals surface area (Å²) in [6.45, 7) is 6.40. The van der Waals surface area contributed by atoms with Gasteiger partial charge in [0.25, 0.3) is 0 Å². The van der Waals surface area contributed by atoms with E-state index in [1.807, 2.05) is 51.9 Å². The molecule has 0 aliphatic carbocycles. The average molecular weight is 277 g/mol. The van der Waals surface area contributed by atoms with Crippen LogP contribution in [0, 0.1) is 12.3 Å². The number of carbonyl (C=O) groups is 1. The molecule has 1 aromatic rings. The molecule has 0 fully saturated rings. The monoisotopic (exact) mass is 277 g/mol. The Hall–Kier alpha value is -1.55. The second-order valence-corrected chi connectivity index (χ2v) is 5.54. The van der Waals surface area contributed by atoms with Crippen molar-refractivity contribution in [3.63, 3.8) is 0 Å². The molecule has 0 bridgehead atoms. The quantitative estimate of drug-likeness (QED) is 0.840. The summed E-state index contributed by atoms with van der Waals surface area (Å²) >= 11 is 0. The minimum atomic E-state index is -0.466. The van der Waals surface area contributed by atoms with Gasteiger partial charge in [0.2, 0.25) is 5.91 Å². The summed E-state index contributed by atoms with van der Waals surface area (Å²) in [7, 11) is 4.00. The number of rotatable bonds is 6. The van der Waals surface area contributed by atoms with Crippen LogP contribution in [0.2, 0.25) is 0 Å². The molecule has 1 amide bonds. The van der Waals surface area contributed by atoms with Crippen molar-refractivity contribution in [3.8, 4) is 0 Å². The van der Waals surface area contributed by atoms with Gasteiger partial charge in [0.1, 0.15) is 0 Å². The van der Waals surface area contributed by atoms with Crippen molar-refractivity contribution in [2.24, 2.45) is 11.1 Å². The van der Waals surface area contributed by atoms with Crippen LogP contribution in [-0.2, 0) is 4.79 Å². The van der Waals surface area contributed by atoms with Gasteiger partial charge in [0, 0.05) is 32.0 Å². The molecule has 0 atom stereocenters. The maximum atomic E-state index is 12.5. The first kappa shape index (κ1) is 16.5. The van der Waals surface area contributed by atoms with Crippen molar-refractivity contribution in [3.05, 3.63) is 23.8 Å². The number of hydrogen-bond acceptors (Lipinski definition) is 3. The number of amides is 1. The first-order valence-electron chi connectivity index (χ1n) is 7.19. The van der Waals surface area contributed by atoms with Crippen LogP contribution in [0.15, 0.2) is 18.2 Å². The van der Waals surface area contributed by atoms with Gasteiger partial charge in [-0.15, -0.1) is 0 Å². The van der Waals surface area contributed by atoms with E-state index in [1.165, 1.54) is 0 Å². The Kier molecular flexibility index (Phi) is 5.57. The molecular weight excluding hydrogens is 250 g/mol. The second kappa shape index (κ2) is 6.75. The Morgan fingerprint density at radius 3 is 2.30 bits per heavy atom. The van der Waals surface area contributed by atoms with Crippen molar-refractivity contribution in [2.45, 2.75) is 33.6 Å². The lowest BCUT2D eigenvalue weighted by Gasteiger charge is -2.29. The Balaban J connectivity index is 2.96. The van der Waals surface area contributed by atoms with Crippen LogP contribution >= 0.6 is 0 Å². The minimum absolute atomic E-state index is 0.0192. The third kappa shape index (κ3) is 3.31. The zero-order valence-electron chi connectivity index (χ0n) is 13.3. The highest BCUT2D eigenvalue weighted by Crippen LogP contribution is 2.28. The van der Waals surface area contributed by atoms with Crippen molar-refractivity contribution in [1.29, 1.82) is 0 Å². The van der Waals surface area contributed by atoms with E-state index in [4.69, 9.17) is 5.73 Å². The van der Waals surface area contributed by atoms with Gasteiger partial charge >= 0.3 is 0 Å². The van der Waals surface area contributed by atoms with E-state index in [9.17, 15) is 4.79 Å². The van der Waals surface area contributed by atoms with Crippen LogP contribution in [0.25, 0.3) is 0 Å². The van der Waals surface area contributed by atoms with Gasteiger partial charge in [0.15, 0.2) is 0 Å². The molecule has 1 rings (SSSR count). The first-order valence-corrected chi connectivity index (χ1v) is 7.19. The van der Waals surface area contributed by atoms with Crippen LogP contribution < -0.4 is 16.0 Å². The number of anilines is 2. The van der Waals surface area contributed by atoms with Gasteiger partial charge in [0.05, 0.1) is 5.41 Å². The maximum Gasteiger partial charge on any atom is 0.231 e. The summed E-state index contributed by atoms with van der Waals surface area (Å²) in [4.78, 5) is 14.5. The Bertz CT molecular complexity index is 457. The number of hydrogen-bond donors (Lipinski definition) is 2. The second-order valence-electron chi connectivity index (χ2n) is 5.54.